The van der Waals surface area contributed by atoms with E-state index in [4.69, 9.17) is 0 Å². The van der Waals surface area contributed by atoms with Gasteiger partial charge in [0.15, 0.2) is 0 Å². The molecular formula is C13H28N2O2S. The molecule has 0 aliphatic heterocycles. The molecule has 18 heavy (non-hydrogen) atoms. The van der Waals surface area contributed by atoms with Gasteiger partial charge in [-0.25, -0.2) is 13.1 Å². The molecule has 2 N–H and O–H groups in total. The van der Waals surface area contributed by atoms with Crippen LogP contribution in [0.15, 0.2) is 0 Å². The van der Waals surface area contributed by atoms with Crippen LogP contribution in [0.5, 0.6) is 0 Å². The van der Waals surface area contributed by atoms with Gasteiger partial charge < -0.3 is 5.32 Å². The van der Waals surface area contributed by atoms with Gasteiger partial charge in [0.1, 0.15) is 0 Å². The second kappa shape index (κ2) is 5.88. The molecule has 5 heteroatoms. The zero-order valence-corrected chi connectivity index (χ0v) is 13.1. The molecule has 3 atom stereocenters. The lowest BCUT2D eigenvalue weighted by Crippen LogP contribution is -2.53. The Morgan fingerprint density at radius 2 is 1.83 bits per heavy atom. The fourth-order valence-electron chi connectivity index (χ4n) is 2.79. The summed E-state index contributed by atoms with van der Waals surface area (Å²) in [6.07, 6.45) is 4.98. The van der Waals surface area contributed by atoms with Crippen LogP contribution in [0.3, 0.4) is 0 Å². The summed E-state index contributed by atoms with van der Waals surface area (Å²) >= 11 is 0. The van der Waals surface area contributed by atoms with Crippen molar-refractivity contribution in [1.82, 2.24) is 10.0 Å². The second-order valence-electron chi connectivity index (χ2n) is 6.51. The van der Waals surface area contributed by atoms with Gasteiger partial charge in [0.25, 0.3) is 0 Å². The lowest BCUT2D eigenvalue weighted by atomic mass is 9.78. The van der Waals surface area contributed by atoms with E-state index in [2.05, 4.69) is 23.9 Å². The summed E-state index contributed by atoms with van der Waals surface area (Å²) in [4.78, 5) is 0. The molecule has 0 aromatic rings. The van der Waals surface area contributed by atoms with Gasteiger partial charge in [0.05, 0.1) is 6.26 Å². The van der Waals surface area contributed by atoms with Crippen LogP contribution in [0.2, 0.25) is 0 Å². The van der Waals surface area contributed by atoms with Crippen LogP contribution >= 0.6 is 0 Å². The Bertz CT molecular complexity index is 365. The summed E-state index contributed by atoms with van der Waals surface area (Å²) in [5, 5.41) is 3.54. The smallest absolute Gasteiger partial charge is 0.209 e. The molecule has 0 amide bonds. The molecule has 0 saturated heterocycles. The second-order valence-corrected chi connectivity index (χ2v) is 8.26. The van der Waals surface area contributed by atoms with Crippen molar-refractivity contribution < 1.29 is 8.42 Å². The lowest BCUT2D eigenvalue weighted by Gasteiger charge is -2.37. The van der Waals surface area contributed by atoms with Crippen molar-refractivity contribution in [2.75, 3.05) is 12.8 Å². The Balaban J connectivity index is 2.48. The summed E-state index contributed by atoms with van der Waals surface area (Å²) in [6, 6.07) is 0.509. The number of hydrogen-bond donors (Lipinski definition) is 2. The first-order chi connectivity index (χ1) is 8.11. The molecule has 1 aliphatic carbocycles. The fourth-order valence-corrected chi connectivity index (χ4v) is 3.87. The summed E-state index contributed by atoms with van der Waals surface area (Å²) in [5.41, 5.74) is -0.437. The number of nitrogens with one attached hydrogen (secondary N) is 2. The molecule has 0 spiro atoms. The van der Waals surface area contributed by atoms with Crippen LogP contribution in [0.25, 0.3) is 0 Å². The highest BCUT2D eigenvalue weighted by Crippen LogP contribution is 2.29. The highest BCUT2D eigenvalue weighted by Gasteiger charge is 2.29. The third-order valence-corrected chi connectivity index (χ3v) is 4.90. The summed E-state index contributed by atoms with van der Waals surface area (Å²) in [5.74, 6) is 1.41. The molecule has 3 unspecified atom stereocenters. The highest BCUT2D eigenvalue weighted by molar-refractivity contribution is 7.88. The first-order valence-corrected chi connectivity index (χ1v) is 8.72. The van der Waals surface area contributed by atoms with Crippen LogP contribution in [0.4, 0.5) is 0 Å². The number of rotatable bonds is 5. The third-order valence-electron chi connectivity index (χ3n) is 3.97. The maximum Gasteiger partial charge on any atom is 0.209 e. The van der Waals surface area contributed by atoms with Crippen molar-refractivity contribution in [1.29, 1.82) is 0 Å². The van der Waals surface area contributed by atoms with E-state index in [-0.39, 0.29) is 0 Å². The zero-order chi connectivity index (χ0) is 14.0. The monoisotopic (exact) mass is 276 g/mol. The van der Waals surface area contributed by atoms with Crippen molar-refractivity contribution in [3.63, 3.8) is 0 Å². The minimum absolute atomic E-state index is 0.437. The van der Waals surface area contributed by atoms with Gasteiger partial charge in [-0.05, 0) is 32.1 Å². The predicted molar refractivity (Wildman–Crippen MR) is 76.0 cm³/mol. The quantitative estimate of drug-likeness (QED) is 0.804. The number of sulfonamides is 1. The lowest BCUT2D eigenvalue weighted by molar-refractivity contribution is 0.198. The average Bonchev–Trinajstić information content (AvgIpc) is 2.17. The largest absolute Gasteiger partial charge is 0.312 e. The van der Waals surface area contributed by atoms with Gasteiger partial charge in [-0.2, -0.15) is 0 Å². The van der Waals surface area contributed by atoms with Crippen molar-refractivity contribution in [2.24, 2.45) is 11.8 Å². The summed E-state index contributed by atoms with van der Waals surface area (Å²) in [6.45, 7) is 9.09. The normalized spacial score (nSPS) is 30.4. The van der Waals surface area contributed by atoms with Crippen molar-refractivity contribution in [3.8, 4) is 0 Å². The van der Waals surface area contributed by atoms with Crippen LogP contribution in [0.1, 0.15) is 47.0 Å². The van der Waals surface area contributed by atoms with Crippen molar-refractivity contribution >= 4 is 10.0 Å². The van der Waals surface area contributed by atoms with Crippen molar-refractivity contribution in [3.05, 3.63) is 0 Å². The molecule has 0 aromatic carbocycles. The van der Waals surface area contributed by atoms with E-state index in [1.54, 1.807) is 0 Å². The minimum Gasteiger partial charge on any atom is -0.312 e. The number of hydrogen-bond acceptors (Lipinski definition) is 3. The van der Waals surface area contributed by atoms with E-state index in [1.165, 1.54) is 25.5 Å². The van der Waals surface area contributed by atoms with E-state index in [9.17, 15) is 8.42 Å². The molecule has 1 rings (SSSR count). The average molecular weight is 276 g/mol. The van der Waals surface area contributed by atoms with Gasteiger partial charge >= 0.3 is 0 Å². The fraction of sp³-hybridized carbons (Fsp3) is 1.00. The molecule has 0 heterocycles. The van der Waals surface area contributed by atoms with Gasteiger partial charge in [-0.1, -0.05) is 26.7 Å². The minimum atomic E-state index is -3.15. The molecule has 0 bridgehead atoms. The standard InChI is InChI=1S/C13H28N2O2S/c1-10-7-6-8-12(11(10)2)14-9-13(3,4)15-18(5,16)17/h10-12,14-15H,6-9H2,1-5H3. The van der Waals surface area contributed by atoms with Crippen molar-refractivity contribution in [2.45, 2.75) is 58.5 Å². The van der Waals surface area contributed by atoms with E-state index >= 15 is 0 Å². The Morgan fingerprint density at radius 3 is 2.39 bits per heavy atom. The molecule has 108 valence electrons. The Kier molecular flexibility index (Phi) is 5.21. The molecule has 1 fully saturated rings. The van der Waals surface area contributed by atoms with Gasteiger partial charge in [-0.15, -0.1) is 0 Å². The highest BCUT2D eigenvalue weighted by atomic mass is 32.2. The van der Waals surface area contributed by atoms with Crippen LogP contribution < -0.4 is 10.0 Å². The van der Waals surface area contributed by atoms with Crippen LogP contribution in [-0.2, 0) is 10.0 Å². The van der Waals surface area contributed by atoms with Gasteiger partial charge in [0, 0.05) is 18.1 Å². The first kappa shape index (κ1) is 15.9. The maximum atomic E-state index is 11.3. The topological polar surface area (TPSA) is 58.2 Å². The van der Waals surface area contributed by atoms with E-state index < -0.39 is 15.6 Å². The Hall–Kier alpha value is -0.130. The van der Waals surface area contributed by atoms with Gasteiger partial charge in [-0.3, -0.25) is 0 Å². The molecule has 0 aromatic heterocycles. The van der Waals surface area contributed by atoms with E-state index in [0.29, 0.717) is 18.5 Å². The van der Waals surface area contributed by atoms with Gasteiger partial charge in [0.2, 0.25) is 10.0 Å². The van der Waals surface area contributed by atoms with Crippen LogP contribution in [-0.4, -0.2) is 32.8 Å². The molecular weight excluding hydrogens is 248 g/mol. The Morgan fingerprint density at radius 1 is 1.22 bits per heavy atom. The molecule has 4 nitrogen and oxygen atoms in total. The Labute approximate surface area is 112 Å². The SMILES string of the molecule is CC1CCCC(NCC(C)(C)NS(C)(=O)=O)C1C. The van der Waals surface area contributed by atoms with E-state index in [0.717, 1.165) is 5.92 Å². The third kappa shape index (κ3) is 5.24. The maximum absolute atomic E-state index is 11.3. The summed E-state index contributed by atoms with van der Waals surface area (Å²) < 4.78 is 25.2. The predicted octanol–water partition coefficient (Wildman–Crippen LogP) is 1.73. The summed E-state index contributed by atoms with van der Waals surface area (Å²) in [7, 11) is -3.15. The molecule has 1 saturated carbocycles. The zero-order valence-electron chi connectivity index (χ0n) is 12.3. The van der Waals surface area contributed by atoms with Crippen LogP contribution in [0, 0.1) is 11.8 Å². The first-order valence-electron chi connectivity index (χ1n) is 6.83. The van der Waals surface area contributed by atoms with E-state index in [1.807, 2.05) is 13.8 Å². The molecule has 0 radical (unpaired) electrons. The molecule has 1 aliphatic rings.